The number of hydrogen-bond acceptors (Lipinski definition) is 5. The molecule has 28 heavy (non-hydrogen) atoms. The van der Waals surface area contributed by atoms with Crippen molar-refractivity contribution in [1.29, 1.82) is 0 Å². The van der Waals surface area contributed by atoms with E-state index in [2.05, 4.69) is 32.7 Å². The lowest BCUT2D eigenvalue weighted by molar-refractivity contribution is 0.0945. The molecule has 1 aromatic heterocycles. The lowest BCUT2D eigenvalue weighted by atomic mass is 10.1. The zero-order valence-corrected chi connectivity index (χ0v) is 16.1. The van der Waals surface area contributed by atoms with Gasteiger partial charge in [0.15, 0.2) is 0 Å². The minimum atomic E-state index is -0.248. The van der Waals surface area contributed by atoms with E-state index in [-0.39, 0.29) is 5.91 Å². The van der Waals surface area contributed by atoms with Gasteiger partial charge in [-0.1, -0.05) is 48.5 Å². The molecule has 2 aromatic carbocycles. The molecule has 0 aliphatic heterocycles. The molecule has 0 fully saturated rings. The van der Waals surface area contributed by atoms with Gasteiger partial charge in [0.1, 0.15) is 11.4 Å². The predicted molar refractivity (Wildman–Crippen MR) is 110 cm³/mol. The van der Waals surface area contributed by atoms with Crippen molar-refractivity contribution in [3.63, 3.8) is 0 Å². The van der Waals surface area contributed by atoms with E-state index in [0.717, 1.165) is 23.4 Å². The number of aryl methyl sites for hydroxylation is 1. The highest BCUT2D eigenvalue weighted by molar-refractivity contribution is 5.92. The lowest BCUT2D eigenvalue weighted by Gasteiger charge is -2.11. The van der Waals surface area contributed by atoms with E-state index in [1.54, 1.807) is 13.2 Å². The van der Waals surface area contributed by atoms with Crippen molar-refractivity contribution in [1.82, 2.24) is 15.3 Å². The van der Waals surface area contributed by atoms with E-state index in [0.29, 0.717) is 24.7 Å². The summed E-state index contributed by atoms with van der Waals surface area (Å²) >= 11 is 0. The number of benzene rings is 2. The van der Waals surface area contributed by atoms with Crippen LogP contribution in [0.4, 0.5) is 5.95 Å². The number of amides is 1. The first-order chi connectivity index (χ1) is 13.7. The lowest BCUT2D eigenvalue weighted by Crippen LogP contribution is -2.25. The summed E-state index contributed by atoms with van der Waals surface area (Å²) in [5.74, 6) is 0.950. The van der Waals surface area contributed by atoms with Gasteiger partial charge in [-0.25, -0.2) is 9.97 Å². The number of aromatic nitrogens is 2. The van der Waals surface area contributed by atoms with Crippen LogP contribution in [0.1, 0.15) is 27.3 Å². The monoisotopic (exact) mass is 376 g/mol. The normalized spacial score (nSPS) is 10.4. The molecule has 0 unspecified atom stereocenters. The fourth-order valence-electron chi connectivity index (χ4n) is 2.84. The Morgan fingerprint density at radius 2 is 1.79 bits per heavy atom. The molecule has 0 atom stereocenters. The van der Waals surface area contributed by atoms with Crippen LogP contribution in [0.3, 0.4) is 0 Å². The van der Waals surface area contributed by atoms with Crippen LogP contribution in [0.2, 0.25) is 0 Å². The van der Waals surface area contributed by atoms with Gasteiger partial charge in [0.25, 0.3) is 5.91 Å². The first-order valence-corrected chi connectivity index (χ1v) is 9.19. The topological polar surface area (TPSA) is 76.1 Å². The number of rotatable bonds is 8. The van der Waals surface area contributed by atoms with Gasteiger partial charge in [0.2, 0.25) is 5.95 Å². The Bertz CT molecular complexity index is 929. The third-order valence-corrected chi connectivity index (χ3v) is 4.26. The smallest absolute Gasteiger partial charge is 0.270 e. The average molecular weight is 376 g/mol. The van der Waals surface area contributed by atoms with Crippen molar-refractivity contribution in [3.8, 4) is 5.75 Å². The van der Waals surface area contributed by atoms with Crippen molar-refractivity contribution in [2.45, 2.75) is 19.9 Å². The van der Waals surface area contributed by atoms with E-state index in [9.17, 15) is 4.79 Å². The zero-order chi connectivity index (χ0) is 19.8. The van der Waals surface area contributed by atoms with E-state index >= 15 is 0 Å². The number of para-hydroxylation sites is 1. The summed E-state index contributed by atoms with van der Waals surface area (Å²) in [4.78, 5) is 21.3. The van der Waals surface area contributed by atoms with Crippen LogP contribution in [0, 0.1) is 6.92 Å². The molecule has 0 bridgehead atoms. The third kappa shape index (κ3) is 5.30. The summed E-state index contributed by atoms with van der Waals surface area (Å²) in [6, 6.07) is 19.5. The number of hydrogen-bond donors (Lipinski definition) is 2. The van der Waals surface area contributed by atoms with Gasteiger partial charge in [-0.15, -0.1) is 0 Å². The molecule has 1 amide bonds. The van der Waals surface area contributed by atoms with Crippen LogP contribution < -0.4 is 15.4 Å². The predicted octanol–water partition coefficient (Wildman–Crippen LogP) is 3.38. The quantitative estimate of drug-likeness (QED) is 0.630. The maximum absolute atomic E-state index is 12.5. The fraction of sp³-hybridized carbons (Fsp3) is 0.227. The maximum Gasteiger partial charge on any atom is 0.270 e. The Morgan fingerprint density at radius 3 is 2.57 bits per heavy atom. The Morgan fingerprint density at radius 1 is 1.04 bits per heavy atom. The maximum atomic E-state index is 12.5. The zero-order valence-electron chi connectivity index (χ0n) is 16.1. The third-order valence-electron chi connectivity index (χ3n) is 4.26. The highest BCUT2D eigenvalue weighted by atomic mass is 16.5. The number of methoxy groups -OCH3 is 1. The summed E-state index contributed by atoms with van der Waals surface area (Å²) in [6.07, 6.45) is 0.855. The largest absolute Gasteiger partial charge is 0.496 e. The SMILES string of the molecule is COc1ccccc1CNC(=O)c1cc(C)nc(NCCc2ccccc2)n1. The van der Waals surface area contributed by atoms with Crippen molar-refractivity contribution < 1.29 is 9.53 Å². The van der Waals surface area contributed by atoms with Crippen molar-refractivity contribution in [2.75, 3.05) is 19.0 Å². The highest BCUT2D eigenvalue weighted by Gasteiger charge is 2.11. The second-order valence-electron chi connectivity index (χ2n) is 6.38. The average Bonchev–Trinajstić information content (AvgIpc) is 2.72. The Labute approximate surface area is 165 Å². The van der Waals surface area contributed by atoms with Crippen LogP contribution in [0.25, 0.3) is 0 Å². The second kappa shape index (κ2) is 9.50. The van der Waals surface area contributed by atoms with Gasteiger partial charge in [0.05, 0.1) is 7.11 Å². The Balaban J connectivity index is 1.61. The van der Waals surface area contributed by atoms with Gasteiger partial charge in [0, 0.05) is 24.3 Å². The number of carbonyl (C=O) groups is 1. The molecule has 3 aromatic rings. The molecule has 0 saturated heterocycles. The second-order valence-corrected chi connectivity index (χ2v) is 6.38. The number of carbonyl (C=O) groups excluding carboxylic acids is 1. The van der Waals surface area contributed by atoms with E-state index < -0.39 is 0 Å². The molecule has 2 N–H and O–H groups in total. The van der Waals surface area contributed by atoms with Gasteiger partial charge in [-0.3, -0.25) is 4.79 Å². The number of anilines is 1. The molecule has 1 heterocycles. The first kappa shape index (κ1) is 19.4. The van der Waals surface area contributed by atoms with Gasteiger partial charge in [-0.05, 0) is 31.0 Å². The van der Waals surface area contributed by atoms with Gasteiger partial charge in [-0.2, -0.15) is 0 Å². The number of nitrogens with one attached hydrogen (secondary N) is 2. The summed E-state index contributed by atoms with van der Waals surface area (Å²) in [5.41, 5.74) is 3.21. The van der Waals surface area contributed by atoms with Crippen LogP contribution in [0.15, 0.2) is 60.7 Å². The molecular formula is C22H24N4O2. The molecule has 0 spiro atoms. The van der Waals surface area contributed by atoms with Crippen molar-refractivity contribution in [2.24, 2.45) is 0 Å². The molecule has 0 saturated carbocycles. The number of nitrogens with zero attached hydrogens (tertiary/aromatic N) is 2. The van der Waals surface area contributed by atoms with Gasteiger partial charge < -0.3 is 15.4 Å². The van der Waals surface area contributed by atoms with E-state index in [1.807, 2.05) is 49.4 Å². The highest BCUT2D eigenvalue weighted by Crippen LogP contribution is 2.17. The standard InChI is InChI=1S/C22H24N4O2/c1-16-14-19(21(27)24-15-18-10-6-7-11-20(18)28-2)26-22(25-16)23-13-12-17-8-4-3-5-9-17/h3-11,14H,12-13,15H2,1-2H3,(H,24,27)(H,23,25,26). The summed E-state index contributed by atoms with van der Waals surface area (Å²) in [6.45, 7) is 2.90. The molecule has 144 valence electrons. The van der Waals surface area contributed by atoms with Crippen LogP contribution in [-0.2, 0) is 13.0 Å². The van der Waals surface area contributed by atoms with Crippen LogP contribution in [0.5, 0.6) is 5.75 Å². The van der Waals surface area contributed by atoms with Crippen LogP contribution in [-0.4, -0.2) is 29.5 Å². The summed E-state index contributed by atoms with van der Waals surface area (Å²) in [5, 5.41) is 6.09. The molecule has 0 aliphatic carbocycles. The molecule has 0 aliphatic rings. The Kier molecular flexibility index (Phi) is 6.57. The minimum absolute atomic E-state index is 0.248. The fourth-order valence-corrected chi connectivity index (χ4v) is 2.84. The van der Waals surface area contributed by atoms with Crippen molar-refractivity contribution in [3.05, 3.63) is 83.2 Å². The Hall–Kier alpha value is -3.41. The summed E-state index contributed by atoms with van der Waals surface area (Å²) < 4.78 is 5.32. The molecule has 3 rings (SSSR count). The van der Waals surface area contributed by atoms with E-state index in [1.165, 1.54) is 5.56 Å². The van der Waals surface area contributed by atoms with Gasteiger partial charge >= 0.3 is 0 Å². The molecule has 6 nitrogen and oxygen atoms in total. The minimum Gasteiger partial charge on any atom is -0.496 e. The van der Waals surface area contributed by atoms with Crippen LogP contribution >= 0.6 is 0 Å². The molecule has 6 heteroatoms. The first-order valence-electron chi connectivity index (χ1n) is 9.19. The molecule has 0 radical (unpaired) electrons. The van der Waals surface area contributed by atoms with E-state index in [4.69, 9.17) is 4.74 Å². The van der Waals surface area contributed by atoms with Crippen molar-refractivity contribution >= 4 is 11.9 Å². The summed E-state index contributed by atoms with van der Waals surface area (Å²) in [7, 11) is 1.61. The number of ether oxygens (including phenoxy) is 1. The molecular weight excluding hydrogens is 352 g/mol.